The van der Waals surface area contributed by atoms with E-state index in [0.29, 0.717) is 5.41 Å². The molecular formula is C12H23N. The number of hydrogen-bond donors (Lipinski definition) is 1. The summed E-state index contributed by atoms with van der Waals surface area (Å²) in [6.07, 6.45) is 8.65. The van der Waals surface area contributed by atoms with Gasteiger partial charge in [-0.1, -0.05) is 33.1 Å². The molecule has 2 rings (SSSR count). The largest absolute Gasteiger partial charge is 0.314 e. The van der Waals surface area contributed by atoms with Crippen molar-refractivity contribution in [1.82, 2.24) is 5.32 Å². The minimum atomic E-state index is 0.654. The van der Waals surface area contributed by atoms with Gasteiger partial charge in [-0.05, 0) is 37.1 Å². The molecule has 1 N–H and O–H groups in total. The summed E-state index contributed by atoms with van der Waals surface area (Å²) in [5, 5.41) is 3.74. The molecule has 0 amide bonds. The van der Waals surface area contributed by atoms with Gasteiger partial charge in [-0.25, -0.2) is 0 Å². The van der Waals surface area contributed by atoms with E-state index in [4.69, 9.17) is 0 Å². The van der Waals surface area contributed by atoms with Gasteiger partial charge >= 0.3 is 0 Å². The van der Waals surface area contributed by atoms with Gasteiger partial charge in [0.25, 0.3) is 0 Å². The third-order valence-electron chi connectivity index (χ3n) is 3.98. The summed E-state index contributed by atoms with van der Waals surface area (Å²) in [7, 11) is 0. The summed E-state index contributed by atoms with van der Waals surface area (Å²) in [5.41, 5.74) is 0.654. The number of rotatable bonds is 3. The molecule has 0 aliphatic heterocycles. The Hall–Kier alpha value is -0.0400. The summed E-state index contributed by atoms with van der Waals surface area (Å²) < 4.78 is 0. The first-order valence-corrected chi connectivity index (χ1v) is 5.92. The Kier molecular flexibility index (Phi) is 2.64. The van der Waals surface area contributed by atoms with Gasteiger partial charge in [0.05, 0.1) is 0 Å². The van der Waals surface area contributed by atoms with E-state index in [1.807, 2.05) is 0 Å². The van der Waals surface area contributed by atoms with Gasteiger partial charge in [0.2, 0.25) is 0 Å². The minimum absolute atomic E-state index is 0.654. The van der Waals surface area contributed by atoms with E-state index in [1.165, 1.54) is 45.1 Å². The smallest absolute Gasteiger partial charge is 0.00671 e. The maximum atomic E-state index is 3.74. The van der Waals surface area contributed by atoms with Crippen molar-refractivity contribution in [3.05, 3.63) is 0 Å². The molecule has 76 valence electrons. The summed E-state index contributed by atoms with van der Waals surface area (Å²) in [6.45, 7) is 6.05. The lowest BCUT2D eigenvalue weighted by atomic mass is 9.95. The lowest BCUT2D eigenvalue weighted by Gasteiger charge is -2.23. The third-order valence-corrected chi connectivity index (χ3v) is 3.98. The van der Waals surface area contributed by atoms with Crippen LogP contribution in [-0.2, 0) is 0 Å². The molecule has 13 heavy (non-hydrogen) atoms. The van der Waals surface area contributed by atoms with Crippen LogP contribution in [-0.4, -0.2) is 12.6 Å². The van der Waals surface area contributed by atoms with Crippen LogP contribution >= 0.6 is 0 Å². The highest BCUT2D eigenvalue weighted by Crippen LogP contribution is 2.51. The first-order chi connectivity index (χ1) is 6.18. The Bertz CT molecular complexity index is 168. The fraction of sp³-hybridized carbons (Fsp3) is 1.00. The minimum Gasteiger partial charge on any atom is -0.314 e. The first kappa shape index (κ1) is 9.51. The Labute approximate surface area is 82.3 Å². The second kappa shape index (κ2) is 3.61. The highest BCUT2D eigenvalue weighted by molar-refractivity contribution is 4.96. The Morgan fingerprint density at radius 2 is 1.77 bits per heavy atom. The summed E-state index contributed by atoms with van der Waals surface area (Å²) in [5.74, 6) is 0.967. The fourth-order valence-electron chi connectivity index (χ4n) is 2.54. The quantitative estimate of drug-likeness (QED) is 0.706. The average molecular weight is 181 g/mol. The van der Waals surface area contributed by atoms with Crippen LogP contribution in [0.3, 0.4) is 0 Å². The van der Waals surface area contributed by atoms with Crippen molar-refractivity contribution in [3.63, 3.8) is 0 Å². The van der Waals surface area contributed by atoms with Gasteiger partial charge in [0, 0.05) is 6.04 Å². The highest BCUT2D eigenvalue weighted by Gasteiger charge is 2.44. The van der Waals surface area contributed by atoms with E-state index >= 15 is 0 Å². The van der Waals surface area contributed by atoms with Gasteiger partial charge in [-0.3, -0.25) is 0 Å². The predicted molar refractivity (Wildman–Crippen MR) is 56.8 cm³/mol. The molecule has 2 saturated carbocycles. The van der Waals surface area contributed by atoms with Crippen molar-refractivity contribution < 1.29 is 0 Å². The Morgan fingerprint density at radius 3 is 2.31 bits per heavy atom. The highest BCUT2D eigenvalue weighted by atomic mass is 14.9. The van der Waals surface area contributed by atoms with E-state index < -0.39 is 0 Å². The average Bonchev–Trinajstić information content (AvgIpc) is 2.73. The molecule has 2 fully saturated rings. The zero-order valence-electron chi connectivity index (χ0n) is 9.10. The Morgan fingerprint density at radius 1 is 1.15 bits per heavy atom. The molecule has 0 heterocycles. The van der Waals surface area contributed by atoms with E-state index in [0.717, 1.165) is 12.0 Å². The van der Waals surface area contributed by atoms with Crippen LogP contribution in [0, 0.1) is 11.3 Å². The number of hydrogen-bond acceptors (Lipinski definition) is 1. The van der Waals surface area contributed by atoms with Crippen LogP contribution < -0.4 is 5.32 Å². The van der Waals surface area contributed by atoms with Crippen molar-refractivity contribution >= 4 is 0 Å². The van der Waals surface area contributed by atoms with Gasteiger partial charge in [0.15, 0.2) is 0 Å². The SMILES string of the molecule is CC1(C)CC1CNC1CCCCC1. The molecule has 1 nitrogen and oxygen atoms in total. The molecule has 0 saturated heterocycles. The van der Waals surface area contributed by atoms with E-state index in [2.05, 4.69) is 19.2 Å². The third kappa shape index (κ3) is 2.46. The molecule has 2 aliphatic carbocycles. The summed E-state index contributed by atoms with van der Waals surface area (Å²) in [4.78, 5) is 0. The summed E-state index contributed by atoms with van der Waals surface area (Å²) in [6, 6.07) is 0.852. The molecule has 2 aliphatic rings. The number of nitrogens with one attached hydrogen (secondary N) is 1. The van der Waals surface area contributed by atoms with Crippen LogP contribution in [0.25, 0.3) is 0 Å². The Balaban J connectivity index is 1.62. The fourth-order valence-corrected chi connectivity index (χ4v) is 2.54. The van der Waals surface area contributed by atoms with Crippen molar-refractivity contribution in [1.29, 1.82) is 0 Å². The van der Waals surface area contributed by atoms with E-state index in [1.54, 1.807) is 0 Å². The van der Waals surface area contributed by atoms with E-state index in [9.17, 15) is 0 Å². The van der Waals surface area contributed by atoms with E-state index in [-0.39, 0.29) is 0 Å². The lowest BCUT2D eigenvalue weighted by molar-refractivity contribution is 0.360. The topological polar surface area (TPSA) is 12.0 Å². The van der Waals surface area contributed by atoms with Crippen LogP contribution in [0.15, 0.2) is 0 Å². The van der Waals surface area contributed by atoms with Crippen molar-refractivity contribution in [3.8, 4) is 0 Å². The second-order valence-corrected chi connectivity index (χ2v) is 5.63. The maximum Gasteiger partial charge on any atom is 0.00671 e. The second-order valence-electron chi connectivity index (χ2n) is 5.63. The molecule has 1 unspecified atom stereocenters. The zero-order valence-corrected chi connectivity index (χ0v) is 9.10. The molecular weight excluding hydrogens is 158 g/mol. The maximum absolute atomic E-state index is 3.74. The summed E-state index contributed by atoms with van der Waals surface area (Å²) >= 11 is 0. The lowest BCUT2D eigenvalue weighted by Crippen LogP contribution is -2.33. The van der Waals surface area contributed by atoms with Crippen molar-refractivity contribution in [2.75, 3.05) is 6.54 Å². The van der Waals surface area contributed by atoms with Crippen LogP contribution in [0.4, 0.5) is 0 Å². The molecule has 0 radical (unpaired) electrons. The van der Waals surface area contributed by atoms with Crippen LogP contribution in [0.5, 0.6) is 0 Å². The molecule has 0 aromatic heterocycles. The van der Waals surface area contributed by atoms with Gasteiger partial charge in [0.1, 0.15) is 0 Å². The molecule has 0 bridgehead atoms. The van der Waals surface area contributed by atoms with Gasteiger partial charge in [-0.15, -0.1) is 0 Å². The van der Waals surface area contributed by atoms with Crippen molar-refractivity contribution in [2.45, 2.75) is 58.4 Å². The molecule has 0 aromatic carbocycles. The van der Waals surface area contributed by atoms with Crippen LogP contribution in [0.2, 0.25) is 0 Å². The monoisotopic (exact) mass is 181 g/mol. The van der Waals surface area contributed by atoms with Crippen molar-refractivity contribution in [2.24, 2.45) is 11.3 Å². The molecule has 1 atom stereocenters. The standard InChI is InChI=1S/C12H23N/c1-12(2)8-10(12)9-13-11-6-4-3-5-7-11/h10-11,13H,3-9H2,1-2H3. The first-order valence-electron chi connectivity index (χ1n) is 5.92. The zero-order chi connectivity index (χ0) is 9.31. The predicted octanol–water partition coefficient (Wildman–Crippen LogP) is 2.95. The van der Waals surface area contributed by atoms with Gasteiger partial charge in [-0.2, -0.15) is 0 Å². The van der Waals surface area contributed by atoms with Gasteiger partial charge < -0.3 is 5.32 Å². The normalized spacial score (nSPS) is 33.2. The van der Waals surface area contributed by atoms with Crippen LogP contribution in [0.1, 0.15) is 52.4 Å². The molecule has 0 spiro atoms. The molecule has 0 aromatic rings. The molecule has 1 heteroatoms.